The quantitative estimate of drug-likeness (QED) is 0.748. The van der Waals surface area contributed by atoms with Gasteiger partial charge in [0, 0.05) is 36.0 Å². The Balaban J connectivity index is 1.65. The molecule has 0 radical (unpaired) electrons. The Labute approximate surface area is 171 Å². The summed E-state index contributed by atoms with van der Waals surface area (Å²) in [7, 11) is 3.28. The fourth-order valence-corrected chi connectivity index (χ4v) is 3.69. The lowest BCUT2D eigenvalue weighted by molar-refractivity contribution is -0.117. The van der Waals surface area contributed by atoms with Gasteiger partial charge in [0.2, 0.25) is 11.8 Å². The molecule has 29 heavy (non-hydrogen) atoms. The van der Waals surface area contributed by atoms with Crippen molar-refractivity contribution in [1.82, 2.24) is 4.90 Å². The Morgan fingerprint density at radius 2 is 1.72 bits per heavy atom. The van der Waals surface area contributed by atoms with Gasteiger partial charge in [0.1, 0.15) is 11.5 Å². The maximum absolute atomic E-state index is 12.6. The van der Waals surface area contributed by atoms with Crippen molar-refractivity contribution in [2.24, 2.45) is 0 Å². The predicted molar refractivity (Wildman–Crippen MR) is 112 cm³/mol. The van der Waals surface area contributed by atoms with E-state index in [2.05, 4.69) is 15.5 Å². The molecule has 3 rings (SSSR count). The van der Waals surface area contributed by atoms with Crippen LogP contribution in [0.1, 0.15) is 31.4 Å². The number of carbonyl (C=O) groups is 2. The molecule has 1 atom stereocenters. The number of nitrogens with one attached hydrogen (secondary N) is 2. The van der Waals surface area contributed by atoms with Crippen molar-refractivity contribution in [2.75, 3.05) is 37.9 Å². The molecule has 0 aliphatic carbocycles. The third-order valence-electron chi connectivity index (χ3n) is 5.00. The van der Waals surface area contributed by atoms with Crippen molar-refractivity contribution in [1.29, 1.82) is 0 Å². The minimum absolute atomic E-state index is 0.0725. The molecule has 1 aliphatic heterocycles. The Morgan fingerprint density at radius 1 is 1.03 bits per heavy atom. The zero-order valence-electron chi connectivity index (χ0n) is 17.0. The molecule has 1 saturated heterocycles. The van der Waals surface area contributed by atoms with Crippen LogP contribution in [0, 0.1) is 0 Å². The van der Waals surface area contributed by atoms with E-state index in [0.29, 0.717) is 17.9 Å². The fraction of sp³-hybridized carbons (Fsp3) is 0.364. The third-order valence-corrected chi connectivity index (χ3v) is 5.00. The van der Waals surface area contributed by atoms with Gasteiger partial charge in [-0.2, -0.15) is 0 Å². The molecule has 0 spiro atoms. The van der Waals surface area contributed by atoms with Crippen LogP contribution in [0.15, 0.2) is 42.5 Å². The Hall–Kier alpha value is -3.06. The number of hydrogen-bond acceptors (Lipinski definition) is 5. The lowest BCUT2D eigenvalue weighted by Crippen LogP contribution is -2.33. The predicted octanol–water partition coefficient (Wildman–Crippen LogP) is 3.44. The molecule has 2 amide bonds. The first-order chi connectivity index (χ1) is 14.0. The van der Waals surface area contributed by atoms with Crippen molar-refractivity contribution in [3.63, 3.8) is 0 Å². The van der Waals surface area contributed by atoms with Gasteiger partial charge >= 0.3 is 0 Å². The van der Waals surface area contributed by atoms with Crippen molar-refractivity contribution < 1.29 is 19.1 Å². The summed E-state index contributed by atoms with van der Waals surface area (Å²) in [6.45, 7) is 2.61. The molecule has 7 heteroatoms. The van der Waals surface area contributed by atoms with Gasteiger partial charge < -0.3 is 20.1 Å². The van der Waals surface area contributed by atoms with E-state index in [0.717, 1.165) is 36.4 Å². The summed E-state index contributed by atoms with van der Waals surface area (Å²) in [6, 6.07) is 13.0. The molecule has 0 aromatic heterocycles. The van der Waals surface area contributed by atoms with E-state index in [1.54, 1.807) is 38.5 Å². The van der Waals surface area contributed by atoms with E-state index >= 15 is 0 Å². The van der Waals surface area contributed by atoms with Gasteiger partial charge in [-0.15, -0.1) is 0 Å². The molecule has 2 aromatic carbocycles. The van der Waals surface area contributed by atoms with Crippen LogP contribution in [0.4, 0.5) is 11.4 Å². The molecule has 0 unspecified atom stereocenters. The van der Waals surface area contributed by atoms with Crippen LogP contribution in [-0.4, -0.2) is 44.0 Å². The normalized spacial score (nSPS) is 16.3. The molecule has 2 aromatic rings. The lowest BCUT2D eigenvalue weighted by atomic mass is 10.0. The molecule has 7 nitrogen and oxygen atoms in total. The average Bonchev–Trinajstić information content (AvgIpc) is 3.16. The van der Waals surface area contributed by atoms with Crippen LogP contribution in [0.3, 0.4) is 0 Å². The lowest BCUT2D eigenvalue weighted by Gasteiger charge is -2.26. The number of likely N-dealkylation sites (tertiary alicyclic amines) is 1. The number of rotatable bonds is 7. The Bertz CT molecular complexity index is 867. The minimum Gasteiger partial charge on any atom is -0.497 e. The highest BCUT2D eigenvalue weighted by molar-refractivity contribution is 5.93. The second-order valence-electron chi connectivity index (χ2n) is 7.04. The molecule has 0 bridgehead atoms. The summed E-state index contributed by atoms with van der Waals surface area (Å²) in [5.74, 6) is 1.32. The van der Waals surface area contributed by atoms with Crippen LogP contribution in [0.25, 0.3) is 0 Å². The second-order valence-corrected chi connectivity index (χ2v) is 7.04. The van der Waals surface area contributed by atoms with Crippen LogP contribution in [0.5, 0.6) is 11.5 Å². The molecule has 0 saturated carbocycles. The molecule has 1 fully saturated rings. The van der Waals surface area contributed by atoms with Crippen molar-refractivity contribution in [3.8, 4) is 11.5 Å². The maximum atomic E-state index is 12.6. The van der Waals surface area contributed by atoms with Crippen LogP contribution in [0.2, 0.25) is 0 Å². The summed E-state index contributed by atoms with van der Waals surface area (Å²) < 4.78 is 10.8. The first-order valence-electron chi connectivity index (χ1n) is 9.63. The monoisotopic (exact) mass is 397 g/mol. The zero-order valence-corrected chi connectivity index (χ0v) is 17.0. The van der Waals surface area contributed by atoms with Gasteiger partial charge in [-0.1, -0.05) is 6.07 Å². The highest BCUT2D eigenvalue weighted by Crippen LogP contribution is 2.38. The minimum atomic E-state index is -0.129. The number of carbonyl (C=O) groups excluding carboxylic acids is 2. The summed E-state index contributed by atoms with van der Waals surface area (Å²) in [5, 5.41) is 5.63. The molecule has 154 valence electrons. The van der Waals surface area contributed by atoms with Crippen LogP contribution in [-0.2, 0) is 9.59 Å². The fourth-order valence-electron chi connectivity index (χ4n) is 3.69. The molecule has 2 N–H and O–H groups in total. The highest BCUT2D eigenvalue weighted by atomic mass is 16.5. The van der Waals surface area contributed by atoms with Gasteiger partial charge in [0.25, 0.3) is 0 Å². The van der Waals surface area contributed by atoms with Gasteiger partial charge in [-0.05, 0) is 49.7 Å². The number of anilines is 2. The van der Waals surface area contributed by atoms with Crippen molar-refractivity contribution in [3.05, 3.63) is 48.0 Å². The SMILES string of the molecule is COc1ccc([C@@H]2CCCN2CC(=O)Nc2ccc(NC(C)=O)cc2)c(OC)c1. The van der Waals surface area contributed by atoms with Gasteiger partial charge in [0.15, 0.2) is 0 Å². The standard InChI is InChI=1S/C22H27N3O4/c1-15(26)23-16-6-8-17(9-7-16)24-22(27)14-25-12-4-5-20(25)19-11-10-18(28-2)13-21(19)29-3/h6-11,13,20H,4-5,12,14H2,1-3H3,(H,23,26)(H,24,27)/t20-/m0/s1. The smallest absolute Gasteiger partial charge is 0.238 e. The third kappa shape index (κ3) is 5.26. The zero-order chi connectivity index (χ0) is 20.8. The molecular formula is C22H27N3O4. The number of hydrogen-bond donors (Lipinski definition) is 2. The molecular weight excluding hydrogens is 370 g/mol. The number of amides is 2. The first kappa shape index (κ1) is 20.7. The Morgan fingerprint density at radius 3 is 2.34 bits per heavy atom. The van der Waals surface area contributed by atoms with Gasteiger partial charge in [-0.25, -0.2) is 0 Å². The maximum Gasteiger partial charge on any atom is 0.238 e. The summed E-state index contributed by atoms with van der Waals surface area (Å²) in [5.41, 5.74) is 2.46. The van der Waals surface area contributed by atoms with E-state index < -0.39 is 0 Å². The number of ether oxygens (including phenoxy) is 2. The molecule has 1 aliphatic rings. The van der Waals surface area contributed by atoms with Crippen molar-refractivity contribution in [2.45, 2.75) is 25.8 Å². The first-order valence-corrected chi connectivity index (χ1v) is 9.63. The van der Waals surface area contributed by atoms with Crippen LogP contribution < -0.4 is 20.1 Å². The summed E-state index contributed by atoms with van der Waals surface area (Å²) >= 11 is 0. The second kappa shape index (κ2) is 9.43. The topological polar surface area (TPSA) is 79.9 Å². The average molecular weight is 397 g/mol. The van der Waals surface area contributed by atoms with E-state index in [4.69, 9.17) is 9.47 Å². The summed E-state index contributed by atoms with van der Waals surface area (Å²) in [6.07, 6.45) is 2.00. The molecule has 1 heterocycles. The largest absolute Gasteiger partial charge is 0.497 e. The number of benzene rings is 2. The van der Waals surface area contributed by atoms with E-state index in [-0.39, 0.29) is 17.9 Å². The van der Waals surface area contributed by atoms with Crippen molar-refractivity contribution >= 4 is 23.2 Å². The van der Waals surface area contributed by atoms with Gasteiger partial charge in [0.05, 0.1) is 20.8 Å². The Kier molecular flexibility index (Phi) is 6.72. The van der Waals surface area contributed by atoms with E-state index in [1.165, 1.54) is 6.92 Å². The van der Waals surface area contributed by atoms with E-state index in [9.17, 15) is 9.59 Å². The summed E-state index contributed by atoms with van der Waals surface area (Å²) in [4.78, 5) is 25.9. The van der Waals surface area contributed by atoms with E-state index in [1.807, 2.05) is 18.2 Å². The highest BCUT2D eigenvalue weighted by Gasteiger charge is 2.29. The van der Waals surface area contributed by atoms with Crippen LogP contribution >= 0.6 is 0 Å². The number of nitrogens with zero attached hydrogens (tertiary/aromatic N) is 1. The number of methoxy groups -OCH3 is 2. The van der Waals surface area contributed by atoms with Gasteiger partial charge in [-0.3, -0.25) is 14.5 Å².